The minimum absolute atomic E-state index is 0.0290. The van der Waals surface area contributed by atoms with Crippen molar-refractivity contribution in [3.05, 3.63) is 54.1 Å². The van der Waals surface area contributed by atoms with Gasteiger partial charge >= 0.3 is 0 Å². The summed E-state index contributed by atoms with van der Waals surface area (Å²) in [5.41, 5.74) is 8.85. The highest BCUT2D eigenvalue weighted by Crippen LogP contribution is 2.33. The summed E-state index contributed by atoms with van der Waals surface area (Å²) >= 11 is 0. The fraction of sp³-hybridized carbons (Fsp3) is 0.304. The minimum atomic E-state index is 0.0290. The van der Waals surface area contributed by atoms with Crippen LogP contribution in [0.2, 0.25) is 0 Å². The fourth-order valence-electron chi connectivity index (χ4n) is 3.88. The number of pyridine rings is 1. The van der Waals surface area contributed by atoms with Gasteiger partial charge in [0, 0.05) is 24.0 Å². The molecule has 0 saturated carbocycles. The molecule has 0 bridgehead atoms. The topological polar surface area (TPSA) is 77.7 Å². The molecule has 29 heavy (non-hydrogen) atoms. The molecule has 150 valence electrons. The van der Waals surface area contributed by atoms with Gasteiger partial charge in [0.1, 0.15) is 0 Å². The second kappa shape index (κ2) is 8.09. The summed E-state index contributed by atoms with van der Waals surface area (Å²) in [6.45, 7) is 2.05. The Hall–Kier alpha value is -3.12. The smallest absolute Gasteiger partial charge is 0.254 e. The monoisotopic (exact) mass is 391 g/mol. The number of aromatic nitrogens is 1. The summed E-state index contributed by atoms with van der Waals surface area (Å²) in [6.07, 6.45) is 0.952. The number of likely N-dealkylation sites (tertiary alicyclic amines) is 1. The van der Waals surface area contributed by atoms with E-state index in [1.54, 1.807) is 14.2 Å². The van der Waals surface area contributed by atoms with Gasteiger partial charge in [-0.3, -0.25) is 4.79 Å². The van der Waals surface area contributed by atoms with E-state index >= 15 is 0 Å². The largest absolute Gasteiger partial charge is 0.493 e. The van der Waals surface area contributed by atoms with Gasteiger partial charge in [-0.25, -0.2) is 4.98 Å². The van der Waals surface area contributed by atoms with Gasteiger partial charge in [0.15, 0.2) is 11.5 Å². The zero-order valence-electron chi connectivity index (χ0n) is 16.7. The van der Waals surface area contributed by atoms with Crippen molar-refractivity contribution in [1.29, 1.82) is 0 Å². The molecule has 3 aromatic rings. The van der Waals surface area contributed by atoms with Gasteiger partial charge in [0.2, 0.25) is 0 Å². The zero-order chi connectivity index (χ0) is 20.4. The van der Waals surface area contributed by atoms with E-state index in [9.17, 15) is 4.79 Å². The van der Waals surface area contributed by atoms with Crippen LogP contribution in [0.25, 0.3) is 22.2 Å². The van der Waals surface area contributed by atoms with Crippen LogP contribution in [-0.4, -0.2) is 49.6 Å². The first-order valence-electron chi connectivity index (χ1n) is 9.76. The van der Waals surface area contributed by atoms with Gasteiger partial charge in [0.05, 0.1) is 31.0 Å². The number of carbonyl (C=O) groups excluding carboxylic acids is 1. The quantitative estimate of drug-likeness (QED) is 0.722. The van der Waals surface area contributed by atoms with E-state index in [2.05, 4.69) is 0 Å². The molecule has 1 unspecified atom stereocenters. The average Bonchev–Trinajstić information content (AvgIpc) is 3.26. The Morgan fingerprint density at radius 3 is 2.66 bits per heavy atom. The second-order valence-electron chi connectivity index (χ2n) is 7.28. The summed E-state index contributed by atoms with van der Waals surface area (Å²) in [5.74, 6) is 1.68. The van der Waals surface area contributed by atoms with Gasteiger partial charge in [-0.05, 0) is 49.2 Å². The van der Waals surface area contributed by atoms with Gasteiger partial charge in [-0.1, -0.05) is 18.2 Å². The molecule has 1 aliphatic rings. The number of benzene rings is 2. The lowest BCUT2D eigenvalue weighted by Gasteiger charge is -2.18. The first-order chi connectivity index (χ1) is 14.1. The van der Waals surface area contributed by atoms with E-state index in [1.165, 1.54) is 0 Å². The fourth-order valence-corrected chi connectivity index (χ4v) is 3.88. The van der Waals surface area contributed by atoms with Crippen LogP contribution < -0.4 is 15.2 Å². The number of nitrogens with two attached hydrogens (primary N) is 1. The number of hydrogen-bond donors (Lipinski definition) is 1. The highest BCUT2D eigenvalue weighted by molar-refractivity contribution is 6.07. The molecule has 4 rings (SSSR count). The maximum atomic E-state index is 13.3. The van der Waals surface area contributed by atoms with E-state index < -0.39 is 0 Å². The Labute approximate surface area is 170 Å². The lowest BCUT2D eigenvalue weighted by molar-refractivity contribution is 0.0789. The SMILES string of the molecule is COc1ccc(-c2cc(C(=O)N3CCC(CN)C3)c3ccccc3n2)cc1OC. The highest BCUT2D eigenvalue weighted by Gasteiger charge is 2.27. The van der Waals surface area contributed by atoms with Crippen molar-refractivity contribution in [2.75, 3.05) is 33.9 Å². The second-order valence-corrected chi connectivity index (χ2v) is 7.28. The Morgan fingerprint density at radius 2 is 1.93 bits per heavy atom. The number of hydrogen-bond acceptors (Lipinski definition) is 5. The van der Waals surface area contributed by atoms with E-state index in [0.29, 0.717) is 36.1 Å². The Morgan fingerprint density at radius 1 is 1.14 bits per heavy atom. The molecule has 1 aliphatic heterocycles. The van der Waals surface area contributed by atoms with E-state index in [1.807, 2.05) is 53.4 Å². The third kappa shape index (κ3) is 3.63. The van der Waals surface area contributed by atoms with E-state index in [0.717, 1.165) is 35.1 Å². The van der Waals surface area contributed by atoms with Gasteiger partial charge in [-0.15, -0.1) is 0 Å². The maximum Gasteiger partial charge on any atom is 0.254 e. The van der Waals surface area contributed by atoms with Crippen LogP contribution in [0.4, 0.5) is 0 Å². The molecule has 1 aromatic heterocycles. The van der Waals surface area contributed by atoms with Crippen LogP contribution >= 0.6 is 0 Å². The Bertz CT molecular complexity index is 1050. The molecule has 2 heterocycles. The summed E-state index contributed by atoms with van der Waals surface area (Å²) in [4.78, 5) is 20.0. The van der Waals surface area contributed by atoms with Crippen LogP contribution in [0.15, 0.2) is 48.5 Å². The van der Waals surface area contributed by atoms with Crippen molar-refractivity contribution in [1.82, 2.24) is 9.88 Å². The molecule has 2 N–H and O–H groups in total. The molecule has 6 nitrogen and oxygen atoms in total. The molecule has 1 fully saturated rings. The molecular formula is C23H25N3O3. The Balaban J connectivity index is 1.80. The van der Waals surface area contributed by atoms with Crippen molar-refractivity contribution in [3.8, 4) is 22.8 Å². The van der Waals surface area contributed by atoms with E-state index in [4.69, 9.17) is 20.2 Å². The molecule has 0 aliphatic carbocycles. The third-order valence-electron chi connectivity index (χ3n) is 5.53. The lowest BCUT2D eigenvalue weighted by Crippen LogP contribution is -2.30. The molecule has 1 amide bonds. The van der Waals surface area contributed by atoms with Crippen LogP contribution in [0.3, 0.4) is 0 Å². The summed E-state index contributed by atoms with van der Waals surface area (Å²) < 4.78 is 10.8. The first kappa shape index (κ1) is 19.2. The van der Waals surface area contributed by atoms with Crippen LogP contribution in [-0.2, 0) is 0 Å². The molecule has 6 heteroatoms. The van der Waals surface area contributed by atoms with Gasteiger partial charge < -0.3 is 20.1 Å². The Kier molecular flexibility index (Phi) is 5.36. The van der Waals surface area contributed by atoms with Crippen LogP contribution in [0.1, 0.15) is 16.8 Å². The summed E-state index contributed by atoms with van der Waals surface area (Å²) in [5, 5.41) is 0.859. The third-order valence-corrected chi connectivity index (χ3v) is 5.53. The average molecular weight is 391 g/mol. The number of methoxy groups -OCH3 is 2. The maximum absolute atomic E-state index is 13.3. The van der Waals surface area contributed by atoms with Crippen molar-refractivity contribution in [3.63, 3.8) is 0 Å². The van der Waals surface area contributed by atoms with Crippen LogP contribution in [0, 0.1) is 5.92 Å². The van der Waals surface area contributed by atoms with Crippen molar-refractivity contribution in [2.45, 2.75) is 6.42 Å². The number of carbonyl (C=O) groups is 1. The predicted octanol–water partition coefficient (Wildman–Crippen LogP) is 3.34. The van der Waals surface area contributed by atoms with Crippen LogP contribution in [0.5, 0.6) is 11.5 Å². The standard InChI is InChI=1S/C23H25N3O3/c1-28-21-8-7-16(11-22(21)29-2)20-12-18(17-5-3-4-6-19(17)25-20)23(27)26-10-9-15(13-24)14-26/h3-8,11-12,15H,9-10,13-14,24H2,1-2H3. The number of rotatable bonds is 5. The minimum Gasteiger partial charge on any atom is -0.493 e. The number of amides is 1. The summed E-state index contributed by atoms with van der Waals surface area (Å²) in [7, 11) is 3.21. The zero-order valence-corrected chi connectivity index (χ0v) is 16.7. The molecule has 2 aromatic carbocycles. The molecule has 1 saturated heterocycles. The van der Waals surface area contributed by atoms with Crippen molar-refractivity contribution < 1.29 is 14.3 Å². The van der Waals surface area contributed by atoms with Gasteiger partial charge in [0.25, 0.3) is 5.91 Å². The van der Waals surface area contributed by atoms with Crippen molar-refractivity contribution >= 4 is 16.8 Å². The first-order valence-corrected chi connectivity index (χ1v) is 9.76. The number of ether oxygens (including phenoxy) is 2. The predicted molar refractivity (Wildman–Crippen MR) is 113 cm³/mol. The number of nitrogens with zero attached hydrogens (tertiary/aromatic N) is 2. The summed E-state index contributed by atoms with van der Waals surface area (Å²) in [6, 6.07) is 15.3. The van der Waals surface area contributed by atoms with Gasteiger partial charge in [-0.2, -0.15) is 0 Å². The lowest BCUT2D eigenvalue weighted by atomic mass is 10.0. The molecule has 0 spiro atoms. The molecule has 1 atom stereocenters. The van der Waals surface area contributed by atoms with E-state index in [-0.39, 0.29) is 5.91 Å². The van der Waals surface area contributed by atoms with Crippen molar-refractivity contribution in [2.24, 2.45) is 11.7 Å². The number of fused-ring (bicyclic) bond motifs is 1. The highest BCUT2D eigenvalue weighted by atomic mass is 16.5. The number of para-hydroxylation sites is 1. The molecular weight excluding hydrogens is 366 g/mol. The normalized spacial score (nSPS) is 16.2. The molecule has 0 radical (unpaired) electrons.